The number of rotatable bonds is 2. The molecule has 0 atom stereocenters. The minimum atomic E-state index is -0.609. The van der Waals surface area contributed by atoms with Crippen LogP contribution in [0.15, 0.2) is 22.7 Å². The van der Waals surface area contributed by atoms with Gasteiger partial charge in [0, 0.05) is 12.1 Å². The zero-order valence-corrected chi connectivity index (χ0v) is 8.31. The van der Waals surface area contributed by atoms with Gasteiger partial charge in [0.1, 0.15) is 11.6 Å². The lowest BCUT2D eigenvalue weighted by molar-refractivity contribution is 0.570. The van der Waals surface area contributed by atoms with Crippen molar-refractivity contribution in [1.82, 2.24) is 0 Å². The first-order valence-electron chi connectivity index (χ1n) is 3.67. The van der Waals surface area contributed by atoms with E-state index in [2.05, 4.69) is 15.9 Å². The average Bonchev–Trinajstić information content (AvgIpc) is 2.13. The van der Waals surface area contributed by atoms with E-state index in [4.69, 9.17) is 5.73 Å². The molecule has 0 spiro atoms. The molecule has 1 aromatic rings. The van der Waals surface area contributed by atoms with E-state index in [0.29, 0.717) is 12.1 Å². The normalized spacial score (nSPS) is 11.1. The molecule has 70 valence electrons. The largest absolute Gasteiger partial charge is 0.327 e. The maximum Gasteiger partial charge on any atom is 0.147 e. The highest BCUT2D eigenvalue weighted by Crippen LogP contribution is 2.23. The van der Waals surface area contributed by atoms with Crippen molar-refractivity contribution in [3.8, 4) is 0 Å². The Morgan fingerprint density at radius 2 is 2.08 bits per heavy atom. The Labute approximate surface area is 83.4 Å². The van der Waals surface area contributed by atoms with Crippen LogP contribution in [0.5, 0.6) is 0 Å². The topological polar surface area (TPSA) is 26.0 Å². The van der Waals surface area contributed by atoms with Gasteiger partial charge in [-0.2, -0.15) is 0 Å². The van der Waals surface area contributed by atoms with E-state index in [1.165, 1.54) is 18.2 Å². The van der Waals surface area contributed by atoms with Gasteiger partial charge >= 0.3 is 0 Å². The summed E-state index contributed by atoms with van der Waals surface area (Å²) in [6.07, 6.45) is 3.11. The van der Waals surface area contributed by atoms with E-state index in [1.54, 1.807) is 6.08 Å². The second-order valence-corrected chi connectivity index (χ2v) is 3.20. The fourth-order valence-corrected chi connectivity index (χ4v) is 1.23. The molecule has 13 heavy (non-hydrogen) atoms. The Kier molecular flexibility index (Phi) is 3.57. The predicted molar refractivity (Wildman–Crippen MR) is 52.1 cm³/mol. The first kappa shape index (κ1) is 10.3. The van der Waals surface area contributed by atoms with E-state index >= 15 is 0 Å². The molecule has 0 unspecified atom stereocenters. The Bertz CT molecular complexity index is 337. The zero-order valence-electron chi connectivity index (χ0n) is 6.73. The number of hydrogen-bond acceptors (Lipinski definition) is 1. The van der Waals surface area contributed by atoms with Crippen LogP contribution < -0.4 is 5.73 Å². The number of benzene rings is 1. The van der Waals surface area contributed by atoms with Gasteiger partial charge in [-0.25, -0.2) is 8.78 Å². The van der Waals surface area contributed by atoms with Crippen molar-refractivity contribution in [2.75, 3.05) is 6.54 Å². The lowest BCUT2D eigenvalue weighted by Gasteiger charge is -2.00. The molecule has 1 rings (SSSR count). The fraction of sp³-hybridized carbons (Fsp3) is 0.111. The minimum Gasteiger partial charge on any atom is -0.327 e. The lowest BCUT2D eigenvalue weighted by Crippen LogP contribution is -1.93. The van der Waals surface area contributed by atoms with E-state index in [1.807, 2.05) is 0 Å². The van der Waals surface area contributed by atoms with Gasteiger partial charge in [-0.15, -0.1) is 0 Å². The summed E-state index contributed by atoms with van der Waals surface area (Å²) < 4.78 is 25.8. The third-order valence-electron chi connectivity index (χ3n) is 1.50. The van der Waals surface area contributed by atoms with Crippen molar-refractivity contribution in [1.29, 1.82) is 0 Å². The van der Waals surface area contributed by atoms with Crippen LogP contribution in [0.25, 0.3) is 6.08 Å². The first-order valence-corrected chi connectivity index (χ1v) is 4.46. The van der Waals surface area contributed by atoms with Crippen LogP contribution in [0.4, 0.5) is 8.78 Å². The number of nitrogens with two attached hydrogens (primary N) is 1. The molecule has 0 aliphatic carbocycles. The molecular formula is C9H8BrF2N. The van der Waals surface area contributed by atoms with Crippen LogP contribution in [0.3, 0.4) is 0 Å². The summed E-state index contributed by atoms with van der Waals surface area (Å²) in [7, 11) is 0. The summed E-state index contributed by atoms with van der Waals surface area (Å²) in [6.45, 7) is 0.328. The van der Waals surface area contributed by atoms with Crippen LogP contribution in [-0.4, -0.2) is 6.54 Å². The maximum absolute atomic E-state index is 13.2. The van der Waals surface area contributed by atoms with Crippen LogP contribution >= 0.6 is 15.9 Å². The second kappa shape index (κ2) is 4.48. The summed E-state index contributed by atoms with van der Waals surface area (Å²) in [6, 6.07) is 2.56. The van der Waals surface area contributed by atoms with Crippen LogP contribution in [0.1, 0.15) is 5.56 Å². The maximum atomic E-state index is 13.2. The van der Waals surface area contributed by atoms with Crippen molar-refractivity contribution < 1.29 is 8.78 Å². The van der Waals surface area contributed by atoms with Gasteiger partial charge in [-0.05, 0) is 28.1 Å². The van der Waals surface area contributed by atoms with Gasteiger partial charge in [0.15, 0.2) is 0 Å². The van der Waals surface area contributed by atoms with Crippen molar-refractivity contribution in [2.24, 2.45) is 5.73 Å². The molecular weight excluding hydrogens is 240 g/mol. The molecule has 0 amide bonds. The molecule has 0 radical (unpaired) electrons. The fourth-order valence-electron chi connectivity index (χ4n) is 0.865. The Hall–Kier alpha value is -0.740. The highest BCUT2D eigenvalue weighted by molar-refractivity contribution is 9.10. The van der Waals surface area contributed by atoms with Crippen molar-refractivity contribution >= 4 is 22.0 Å². The Balaban J connectivity index is 3.11. The van der Waals surface area contributed by atoms with Gasteiger partial charge < -0.3 is 5.73 Å². The SMILES string of the molecule is NC/C=C/c1ccc(F)c(Br)c1F. The summed E-state index contributed by atoms with van der Waals surface area (Å²) in [5, 5.41) is 0. The van der Waals surface area contributed by atoms with Crippen molar-refractivity contribution in [3.63, 3.8) is 0 Å². The van der Waals surface area contributed by atoms with E-state index < -0.39 is 11.6 Å². The molecule has 0 saturated carbocycles. The predicted octanol–water partition coefficient (Wildman–Crippen LogP) is 2.70. The average molecular weight is 248 g/mol. The Morgan fingerprint density at radius 1 is 1.38 bits per heavy atom. The molecule has 1 nitrogen and oxygen atoms in total. The quantitative estimate of drug-likeness (QED) is 0.800. The number of hydrogen-bond donors (Lipinski definition) is 1. The standard InChI is InChI=1S/C9H8BrF2N/c10-8-7(11)4-3-6(9(8)12)2-1-5-13/h1-4H,5,13H2/b2-1+. The first-order chi connectivity index (χ1) is 6.16. The lowest BCUT2D eigenvalue weighted by atomic mass is 10.2. The van der Waals surface area contributed by atoms with E-state index in [0.717, 1.165) is 0 Å². The number of halogens is 3. The minimum absolute atomic E-state index is 0.147. The van der Waals surface area contributed by atoms with Gasteiger partial charge in [0.05, 0.1) is 4.47 Å². The molecule has 0 saturated heterocycles. The monoisotopic (exact) mass is 247 g/mol. The van der Waals surface area contributed by atoms with Gasteiger partial charge in [0.2, 0.25) is 0 Å². The summed E-state index contributed by atoms with van der Waals surface area (Å²) in [4.78, 5) is 0. The smallest absolute Gasteiger partial charge is 0.147 e. The summed E-state index contributed by atoms with van der Waals surface area (Å²) in [5.74, 6) is -1.22. The van der Waals surface area contributed by atoms with Crippen LogP contribution in [-0.2, 0) is 0 Å². The zero-order chi connectivity index (χ0) is 9.84. The second-order valence-electron chi connectivity index (χ2n) is 2.40. The molecule has 1 aromatic carbocycles. The third kappa shape index (κ3) is 2.35. The third-order valence-corrected chi connectivity index (χ3v) is 2.23. The molecule has 0 fully saturated rings. The molecule has 0 heterocycles. The van der Waals surface area contributed by atoms with Crippen LogP contribution in [0.2, 0.25) is 0 Å². The molecule has 0 bridgehead atoms. The van der Waals surface area contributed by atoms with Gasteiger partial charge in [0.25, 0.3) is 0 Å². The van der Waals surface area contributed by atoms with Crippen molar-refractivity contribution in [2.45, 2.75) is 0 Å². The molecule has 0 aromatic heterocycles. The molecule has 0 aliphatic heterocycles. The molecule has 2 N–H and O–H groups in total. The highest BCUT2D eigenvalue weighted by Gasteiger charge is 2.08. The Morgan fingerprint density at radius 3 is 2.69 bits per heavy atom. The van der Waals surface area contributed by atoms with Gasteiger partial charge in [-0.3, -0.25) is 0 Å². The van der Waals surface area contributed by atoms with Crippen LogP contribution in [0, 0.1) is 11.6 Å². The van der Waals surface area contributed by atoms with E-state index in [9.17, 15) is 8.78 Å². The van der Waals surface area contributed by atoms with Crippen molar-refractivity contribution in [3.05, 3.63) is 39.9 Å². The van der Waals surface area contributed by atoms with Gasteiger partial charge in [-0.1, -0.05) is 12.2 Å². The molecule has 0 aliphatic rings. The van der Waals surface area contributed by atoms with E-state index in [-0.39, 0.29) is 4.47 Å². The summed E-state index contributed by atoms with van der Waals surface area (Å²) in [5.41, 5.74) is 5.52. The molecule has 4 heteroatoms. The highest BCUT2D eigenvalue weighted by atomic mass is 79.9. The summed E-state index contributed by atoms with van der Waals surface area (Å²) >= 11 is 2.81.